The summed E-state index contributed by atoms with van der Waals surface area (Å²) in [6.07, 6.45) is 1.74. The van der Waals surface area contributed by atoms with E-state index in [1.165, 1.54) is 10.6 Å². The predicted octanol–water partition coefficient (Wildman–Crippen LogP) is 2.55. The third kappa shape index (κ3) is 6.33. The second-order valence-electron chi connectivity index (χ2n) is 4.97. The van der Waals surface area contributed by atoms with Crippen molar-refractivity contribution in [1.29, 1.82) is 0 Å². The summed E-state index contributed by atoms with van der Waals surface area (Å²) in [6, 6.07) is 5.33. The van der Waals surface area contributed by atoms with E-state index in [0.717, 1.165) is 10.0 Å². The number of halogens is 1. The number of rotatable bonds is 7. The standard InChI is InChI=1S/C14H22BrN3O3S/c1-4-18(22(3,20)21)9-5-8-16-14(19)17-13-7-6-11(2)10-12(13)15/h6-7,10H,4-5,8-9H2,1-3H3,(H2,16,17,19). The summed E-state index contributed by atoms with van der Waals surface area (Å²) in [5.41, 5.74) is 1.78. The molecule has 1 aromatic carbocycles. The average molecular weight is 392 g/mol. The molecule has 6 nitrogen and oxygen atoms in total. The van der Waals surface area contributed by atoms with Crippen LogP contribution < -0.4 is 10.6 Å². The Morgan fingerprint density at radius 2 is 2.05 bits per heavy atom. The zero-order valence-electron chi connectivity index (χ0n) is 13.0. The van der Waals surface area contributed by atoms with Gasteiger partial charge in [0.1, 0.15) is 0 Å². The molecule has 124 valence electrons. The molecule has 0 saturated heterocycles. The van der Waals surface area contributed by atoms with E-state index in [9.17, 15) is 13.2 Å². The quantitative estimate of drug-likeness (QED) is 0.700. The Morgan fingerprint density at radius 1 is 1.36 bits per heavy atom. The minimum Gasteiger partial charge on any atom is -0.338 e. The number of hydrogen-bond donors (Lipinski definition) is 2. The highest BCUT2D eigenvalue weighted by atomic mass is 79.9. The van der Waals surface area contributed by atoms with Crippen LogP contribution >= 0.6 is 15.9 Å². The van der Waals surface area contributed by atoms with Gasteiger partial charge in [0.15, 0.2) is 0 Å². The number of anilines is 1. The van der Waals surface area contributed by atoms with Crippen molar-refractivity contribution >= 4 is 37.7 Å². The number of aryl methyl sites for hydroxylation is 1. The van der Waals surface area contributed by atoms with Crippen LogP contribution in [0.2, 0.25) is 0 Å². The molecule has 0 aromatic heterocycles. The minimum atomic E-state index is -3.18. The molecule has 0 aliphatic rings. The summed E-state index contributed by atoms with van der Waals surface area (Å²) in [4.78, 5) is 11.8. The molecule has 22 heavy (non-hydrogen) atoms. The molecular formula is C14H22BrN3O3S. The van der Waals surface area contributed by atoms with Gasteiger partial charge in [-0.3, -0.25) is 0 Å². The van der Waals surface area contributed by atoms with Crippen LogP contribution in [0.5, 0.6) is 0 Å². The Labute approximate surface area is 140 Å². The molecule has 0 aliphatic carbocycles. The number of carbonyl (C=O) groups excluding carboxylic acids is 1. The number of nitrogens with one attached hydrogen (secondary N) is 2. The Morgan fingerprint density at radius 3 is 2.59 bits per heavy atom. The van der Waals surface area contributed by atoms with Crippen LogP contribution in [0.25, 0.3) is 0 Å². The number of urea groups is 1. The van der Waals surface area contributed by atoms with E-state index in [-0.39, 0.29) is 6.03 Å². The van der Waals surface area contributed by atoms with Crippen LogP contribution in [0.3, 0.4) is 0 Å². The van der Waals surface area contributed by atoms with Crippen LogP contribution in [-0.4, -0.2) is 44.6 Å². The number of benzene rings is 1. The fraction of sp³-hybridized carbons (Fsp3) is 0.500. The van der Waals surface area contributed by atoms with Gasteiger partial charge in [0, 0.05) is 24.1 Å². The summed E-state index contributed by atoms with van der Waals surface area (Å²) in [7, 11) is -3.18. The van der Waals surface area contributed by atoms with Gasteiger partial charge in [-0.2, -0.15) is 0 Å². The van der Waals surface area contributed by atoms with Gasteiger partial charge in [-0.25, -0.2) is 17.5 Å². The summed E-state index contributed by atoms with van der Waals surface area (Å²) >= 11 is 3.39. The number of hydrogen-bond acceptors (Lipinski definition) is 3. The van der Waals surface area contributed by atoms with Gasteiger partial charge in [0.2, 0.25) is 10.0 Å². The van der Waals surface area contributed by atoms with Crippen LogP contribution in [0, 0.1) is 6.92 Å². The van der Waals surface area contributed by atoms with Crippen LogP contribution in [0.1, 0.15) is 18.9 Å². The Bertz CT molecular complexity index is 620. The maximum absolute atomic E-state index is 11.8. The molecule has 0 fully saturated rings. The smallest absolute Gasteiger partial charge is 0.319 e. The summed E-state index contributed by atoms with van der Waals surface area (Å²) in [5.74, 6) is 0. The molecule has 2 amide bonds. The summed E-state index contributed by atoms with van der Waals surface area (Å²) < 4.78 is 25.0. The largest absolute Gasteiger partial charge is 0.338 e. The average Bonchev–Trinajstić information content (AvgIpc) is 2.40. The number of sulfonamides is 1. The molecule has 8 heteroatoms. The van der Waals surface area contributed by atoms with Crippen molar-refractivity contribution in [2.24, 2.45) is 0 Å². The molecule has 0 bridgehead atoms. The zero-order chi connectivity index (χ0) is 16.8. The van der Waals surface area contributed by atoms with E-state index in [2.05, 4.69) is 26.6 Å². The van der Waals surface area contributed by atoms with E-state index < -0.39 is 10.0 Å². The van der Waals surface area contributed by atoms with Gasteiger partial charge in [-0.15, -0.1) is 0 Å². The fourth-order valence-electron chi connectivity index (χ4n) is 1.90. The van der Waals surface area contributed by atoms with Crippen molar-refractivity contribution in [2.75, 3.05) is 31.2 Å². The number of nitrogens with zero attached hydrogens (tertiary/aromatic N) is 1. The minimum absolute atomic E-state index is 0.313. The molecule has 2 N–H and O–H groups in total. The third-order valence-corrected chi connectivity index (χ3v) is 5.10. The molecule has 0 spiro atoms. The lowest BCUT2D eigenvalue weighted by molar-refractivity contribution is 0.251. The normalized spacial score (nSPS) is 11.5. The highest BCUT2D eigenvalue weighted by Gasteiger charge is 2.13. The molecule has 0 unspecified atom stereocenters. The first-order valence-corrected chi connectivity index (χ1v) is 9.64. The molecule has 1 aromatic rings. The Hall–Kier alpha value is -1.12. The van der Waals surface area contributed by atoms with E-state index >= 15 is 0 Å². The van der Waals surface area contributed by atoms with Crippen molar-refractivity contribution in [3.63, 3.8) is 0 Å². The summed E-state index contributed by atoms with van der Waals surface area (Å²) in [6.45, 7) is 4.98. The van der Waals surface area contributed by atoms with Crippen molar-refractivity contribution in [3.05, 3.63) is 28.2 Å². The summed E-state index contributed by atoms with van der Waals surface area (Å²) in [5, 5.41) is 5.45. The Balaban J connectivity index is 2.38. The molecular weight excluding hydrogens is 370 g/mol. The molecule has 0 aliphatic heterocycles. The van der Waals surface area contributed by atoms with Gasteiger partial charge < -0.3 is 10.6 Å². The van der Waals surface area contributed by atoms with Gasteiger partial charge >= 0.3 is 6.03 Å². The van der Waals surface area contributed by atoms with Crippen molar-refractivity contribution < 1.29 is 13.2 Å². The van der Waals surface area contributed by atoms with Crippen molar-refractivity contribution in [2.45, 2.75) is 20.3 Å². The second-order valence-corrected chi connectivity index (χ2v) is 7.81. The van der Waals surface area contributed by atoms with Gasteiger partial charge in [0.05, 0.1) is 11.9 Å². The number of carbonyl (C=O) groups is 1. The van der Waals surface area contributed by atoms with Crippen molar-refractivity contribution in [1.82, 2.24) is 9.62 Å². The zero-order valence-corrected chi connectivity index (χ0v) is 15.4. The van der Waals surface area contributed by atoms with E-state index in [0.29, 0.717) is 31.7 Å². The molecule has 1 rings (SSSR count). The maximum Gasteiger partial charge on any atom is 0.319 e. The van der Waals surface area contributed by atoms with Gasteiger partial charge in [-0.1, -0.05) is 13.0 Å². The lowest BCUT2D eigenvalue weighted by Gasteiger charge is -2.17. The lowest BCUT2D eigenvalue weighted by atomic mass is 10.2. The van der Waals surface area contributed by atoms with Gasteiger partial charge in [0.25, 0.3) is 0 Å². The van der Waals surface area contributed by atoms with Crippen molar-refractivity contribution in [3.8, 4) is 0 Å². The van der Waals surface area contributed by atoms with E-state index in [4.69, 9.17) is 0 Å². The lowest BCUT2D eigenvalue weighted by Crippen LogP contribution is -2.34. The highest BCUT2D eigenvalue weighted by Crippen LogP contribution is 2.23. The molecule has 0 heterocycles. The third-order valence-electron chi connectivity index (χ3n) is 3.06. The fourth-order valence-corrected chi connectivity index (χ4v) is 3.43. The van der Waals surface area contributed by atoms with E-state index in [1.807, 2.05) is 25.1 Å². The predicted molar refractivity (Wildman–Crippen MR) is 92.6 cm³/mol. The van der Waals surface area contributed by atoms with Crippen LogP contribution in [-0.2, 0) is 10.0 Å². The second kappa shape index (κ2) is 8.50. The van der Waals surface area contributed by atoms with Gasteiger partial charge in [-0.05, 0) is 47.0 Å². The molecule has 0 saturated carbocycles. The van der Waals surface area contributed by atoms with E-state index in [1.54, 1.807) is 6.92 Å². The van der Waals surface area contributed by atoms with Crippen LogP contribution in [0.4, 0.5) is 10.5 Å². The molecule has 0 radical (unpaired) electrons. The SMILES string of the molecule is CCN(CCCNC(=O)Nc1ccc(C)cc1Br)S(C)(=O)=O. The highest BCUT2D eigenvalue weighted by molar-refractivity contribution is 9.10. The monoisotopic (exact) mass is 391 g/mol. The number of amides is 2. The van der Waals surface area contributed by atoms with Crippen LogP contribution in [0.15, 0.2) is 22.7 Å². The first kappa shape index (κ1) is 18.9. The first-order chi connectivity index (χ1) is 10.2. The Kier molecular flexibility index (Phi) is 7.31. The maximum atomic E-state index is 11.8. The topological polar surface area (TPSA) is 78.5 Å². The molecule has 0 atom stereocenters. The first-order valence-electron chi connectivity index (χ1n) is 7.00.